The number of halogens is 2. The van der Waals surface area contributed by atoms with Crippen LogP contribution in [-0.2, 0) is 4.79 Å². The van der Waals surface area contributed by atoms with Crippen molar-refractivity contribution in [3.63, 3.8) is 0 Å². The number of carbonyl (C=O) groups excluding carboxylic acids is 1. The van der Waals surface area contributed by atoms with Crippen LogP contribution in [0.3, 0.4) is 0 Å². The van der Waals surface area contributed by atoms with Gasteiger partial charge in [-0.05, 0) is 38.2 Å². The Morgan fingerprint density at radius 1 is 1.19 bits per heavy atom. The van der Waals surface area contributed by atoms with Gasteiger partial charge in [0, 0.05) is 48.4 Å². The summed E-state index contributed by atoms with van der Waals surface area (Å²) in [5.41, 5.74) is 1.37. The lowest BCUT2D eigenvalue weighted by Crippen LogP contribution is -2.39. The van der Waals surface area contributed by atoms with Gasteiger partial charge in [-0.15, -0.1) is 0 Å². The third kappa shape index (κ3) is 4.08. The summed E-state index contributed by atoms with van der Waals surface area (Å²) in [7, 11) is 0. The van der Waals surface area contributed by atoms with Crippen LogP contribution in [-0.4, -0.2) is 49.9 Å². The average molecular weight is 443 g/mol. The van der Waals surface area contributed by atoms with Gasteiger partial charge >= 0.3 is 0 Å². The highest BCUT2D eigenvalue weighted by atomic mass is 35.5. The van der Waals surface area contributed by atoms with Crippen molar-refractivity contribution in [2.75, 3.05) is 18.4 Å². The van der Waals surface area contributed by atoms with Crippen molar-refractivity contribution in [3.05, 3.63) is 35.5 Å². The predicted octanol–water partition coefficient (Wildman–Crippen LogP) is 4.41. The molecule has 31 heavy (non-hydrogen) atoms. The Kier molecular flexibility index (Phi) is 5.48. The number of hydrogen-bond donors (Lipinski definition) is 2. The molecule has 5 rings (SSSR count). The minimum atomic E-state index is -0.507. The number of rotatable bonds is 4. The number of carbonyl (C=O) groups is 1. The summed E-state index contributed by atoms with van der Waals surface area (Å²) in [6, 6.07) is 1.78. The van der Waals surface area contributed by atoms with E-state index < -0.39 is 5.82 Å². The first-order valence-corrected chi connectivity index (χ1v) is 11.2. The van der Waals surface area contributed by atoms with E-state index in [9.17, 15) is 9.18 Å². The van der Waals surface area contributed by atoms with Crippen molar-refractivity contribution in [3.8, 4) is 11.4 Å². The third-order valence-corrected chi connectivity index (χ3v) is 6.47. The summed E-state index contributed by atoms with van der Waals surface area (Å²) >= 11 is 6.09. The van der Waals surface area contributed by atoms with Crippen LogP contribution in [0.25, 0.3) is 22.4 Å². The van der Waals surface area contributed by atoms with E-state index in [2.05, 4.69) is 25.3 Å². The normalized spacial score (nSPS) is 21.5. The molecule has 1 aliphatic carbocycles. The SMILES string of the molecule is O=C([C@@H]1CCC[C@H](Nc2nc(-c3c[nH]c4ncc(Cl)cc34)ncc2F)C1)N1CCCC1. The number of aromatic amines is 1. The van der Waals surface area contributed by atoms with Crippen LogP contribution >= 0.6 is 11.6 Å². The van der Waals surface area contributed by atoms with E-state index in [1.807, 2.05) is 4.90 Å². The number of likely N-dealkylation sites (tertiary alicyclic amines) is 1. The number of fused-ring (bicyclic) bond motifs is 1. The molecule has 0 unspecified atom stereocenters. The van der Waals surface area contributed by atoms with Crippen molar-refractivity contribution in [2.24, 2.45) is 5.92 Å². The smallest absolute Gasteiger partial charge is 0.225 e. The summed E-state index contributed by atoms with van der Waals surface area (Å²) in [5.74, 6) is 0.285. The molecule has 4 heterocycles. The highest BCUT2D eigenvalue weighted by Crippen LogP contribution is 2.31. The van der Waals surface area contributed by atoms with E-state index in [0.29, 0.717) is 28.5 Å². The molecule has 0 spiro atoms. The molecule has 0 bridgehead atoms. The maximum atomic E-state index is 14.5. The Morgan fingerprint density at radius 2 is 2.03 bits per heavy atom. The molecule has 3 aromatic rings. The fourth-order valence-corrected chi connectivity index (χ4v) is 4.85. The molecular formula is C22H24ClFN6O. The van der Waals surface area contributed by atoms with Gasteiger partial charge in [0.2, 0.25) is 5.91 Å². The molecule has 7 nitrogen and oxygen atoms in total. The van der Waals surface area contributed by atoms with Gasteiger partial charge in [-0.3, -0.25) is 4.79 Å². The topological polar surface area (TPSA) is 86.8 Å². The highest BCUT2D eigenvalue weighted by molar-refractivity contribution is 6.31. The number of pyridine rings is 1. The molecule has 2 atom stereocenters. The van der Waals surface area contributed by atoms with Gasteiger partial charge in [0.15, 0.2) is 17.5 Å². The number of nitrogens with zero attached hydrogens (tertiary/aromatic N) is 4. The number of hydrogen-bond acceptors (Lipinski definition) is 5. The molecule has 2 aliphatic rings. The first-order valence-electron chi connectivity index (χ1n) is 10.8. The highest BCUT2D eigenvalue weighted by Gasteiger charge is 2.32. The molecule has 1 aliphatic heterocycles. The van der Waals surface area contributed by atoms with Crippen LogP contribution in [0.1, 0.15) is 38.5 Å². The van der Waals surface area contributed by atoms with Crippen LogP contribution in [0, 0.1) is 11.7 Å². The molecule has 1 amide bonds. The van der Waals surface area contributed by atoms with E-state index in [0.717, 1.165) is 50.6 Å². The lowest BCUT2D eigenvalue weighted by atomic mass is 9.84. The Morgan fingerprint density at radius 3 is 2.87 bits per heavy atom. The van der Waals surface area contributed by atoms with Crippen molar-refractivity contribution in [1.29, 1.82) is 0 Å². The largest absolute Gasteiger partial charge is 0.365 e. The molecule has 0 aromatic carbocycles. The standard InChI is InChI=1S/C22H24ClFN6O/c23-14-9-16-17(11-26-19(16)25-10-14)20-27-12-18(24)21(29-20)28-15-5-3-4-13(8-15)22(31)30-6-1-2-7-30/h9-13,15H,1-8H2,(H,25,26)(H,27,28,29)/t13-,15+/m1/s1. The maximum Gasteiger partial charge on any atom is 0.225 e. The molecule has 2 fully saturated rings. The Hall–Kier alpha value is -2.74. The zero-order valence-electron chi connectivity index (χ0n) is 17.1. The number of H-pyrrole nitrogens is 1. The van der Waals surface area contributed by atoms with E-state index in [1.165, 1.54) is 6.20 Å². The number of nitrogens with one attached hydrogen (secondary N) is 2. The quantitative estimate of drug-likeness (QED) is 0.625. The monoisotopic (exact) mass is 442 g/mol. The van der Waals surface area contributed by atoms with Gasteiger partial charge in [0.25, 0.3) is 0 Å². The van der Waals surface area contributed by atoms with Crippen LogP contribution in [0.5, 0.6) is 0 Å². The number of amides is 1. The Bertz CT molecular complexity index is 1110. The molecular weight excluding hydrogens is 419 g/mol. The summed E-state index contributed by atoms with van der Waals surface area (Å²) < 4.78 is 14.5. The van der Waals surface area contributed by atoms with Gasteiger partial charge in [-0.1, -0.05) is 18.0 Å². The van der Waals surface area contributed by atoms with Crippen molar-refractivity contribution in [1.82, 2.24) is 24.8 Å². The Labute approximate surface area is 184 Å². The van der Waals surface area contributed by atoms with Crippen LogP contribution in [0.15, 0.2) is 24.7 Å². The zero-order valence-corrected chi connectivity index (χ0v) is 17.8. The van der Waals surface area contributed by atoms with Gasteiger partial charge in [0.05, 0.1) is 11.2 Å². The molecule has 2 N–H and O–H groups in total. The second kappa shape index (κ2) is 8.42. The maximum absolute atomic E-state index is 14.5. The summed E-state index contributed by atoms with van der Waals surface area (Å²) in [5, 5.41) is 4.52. The second-order valence-electron chi connectivity index (χ2n) is 8.38. The average Bonchev–Trinajstić information content (AvgIpc) is 3.45. The molecule has 162 valence electrons. The molecule has 3 aromatic heterocycles. The predicted molar refractivity (Wildman–Crippen MR) is 117 cm³/mol. The van der Waals surface area contributed by atoms with Crippen molar-refractivity contribution >= 4 is 34.4 Å². The van der Waals surface area contributed by atoms with Crippen molar-refractivity contribution in [2.45, 2.75) is 44.6 Å². The number of anilines is 1. The van der Waals surface area contributed by atoms with Crippen molar-refractivity contribution < 1.29 is 9.18 Å². The first kappa shape index (κ1) is 20.2. The van der Waals surface area contributed by atoms with E-state index >= 15 is 0 Å². The minimum Gasteiger partial charge on any atom is -0.365 e. The molecule has 1 saturated heterocycles. The van der Waals surface area contributed by atoms with Gasteiger partial charge < -0.3 is 15.2 Å². The summed E-state index contributed by atoms with van der Waals surface area (Å²) in [6.07, 6.45) is 10.1. The number of aromatic nitrogens is 4. The van der Waals surface area contributed by atoms with Crippen LogP contribution in [0.4, 0.5) is 10.2 Å². The lowest BCUT2D eigenvalue weighted by Gasteiger charge is -2.31. The van der Waals surface area contributed by atoms with Gasteiger partial charge in [-0.2, -0.15) is 0 Å². The lowest BCUT2D eigenvalue weighted by molar-refractivity contribution is -0.135. The third-order valence-electron chi connectivity index (χ3n) is 6.26. The summed E-state index contributed by atoms with van der Waals surface area (Å²) in [6.45, 7) is 1.72. The Balaban J connectivity index is 1.35. The molecule has 1 saturated carbocycles. The van der Waals surface area contributed by atoms with E-state index in [4.69, 9.17) is 11.6 Å². The van der Waals surface area contributed by atoms with Crippen LogP contribution in [0.2, 0.25) is 5.02 Å². The molecule has 0 radical (unpaired) electrons. The fraction of sp³-hybridized carbons (Fsp3) is 0.455. The van der Waals surface area contributed by atoms with Gasteiger partial charge in [0.1, 0.15) is 5.65 Å². The second-order valence-corrected chi connectivity index (χ2v) is 8.82. The zero-order chi connectivity index (χ0) is 21.4. The van der Waals surface area contributed by atoms with E-state index in [1.54, 1.807) is 18.5 Å². The molecule has 9 heteroatoms. The first-order chi connectivity index (χ1) is 15.1. The fourth-order valence-electron chi connectivity index (χ4n) is 4.70. The minimum absolute atomic E-state index is 0.00151. The van der Waals surface area contributed by atoms with Crippen LogP contribution < -0.4 is 5.32 Å². The van der Waals surface area contributed by atoms with E-state index in [-0.39, 0.29) is 23.7 Å². The summed E-state index contributed by atoms with van der Waals surface area (Å²) in [4.78, 5) is 30.7. The van der Waals surface area contributed by atoms with Gasteiger partial charge in [-0.25, -0.2) is 19.3 Å².